The van der Waals surface area contributed by atoms with E-state index >= 15 is 0 Å². The molecule has 2 heterocycles. The van der Waals surface area contributed by atoms with E-state index < -0.39 is 15.8 Å². The highest BCUT2D eigenvalue weighted by molar-refractivity contribution is 7.89. The highest BCUT2D eigenvalue weighted by Gasteiger charge is 2.39. The molecule has 0 radical (unpaired) electrons. The molecule has 2 aliphatic heterocycles. The summed E-state index contributed by atoms with van der Waals surface area (Å²) in [4.78, 5) is 2.35. The SMILES string of the molecule is O=S(=O)(c1cccc(F)c1)N1CC[C@@H]2COCCN(Cc3ccccc3)[C@@H]2C1. The molecule has 150 valence electrons. The van der Waals surface area contributed by atoms with E-state index in [4.69, 9.17) is 4.74 Å². The van der Waals surface area contributed by atoms with Gasteiger partial charge in [0.25, 0.3) is 0 Å². The molecule has 4 rings (SSSR count). The van der Waals surface area contributed by atoms with Crippen LogP contribution in [0.15, 0.2) is 59.5 Å². The molecular formula is C21H25FN2O3S. The molecule has 0 saturated carbocycles. The van der Waals surface area contributed by atoms with Crippen LogP contribution in [0.4, 0.5) is 4.39 Å². The summed E-state index contributed by atoms with van der Waals surface area (Å²) in [7, 11) is -3.72. The average molecular weight is 405 g/mol. The van der Waals surface area contributed by atoms with Gasteiger partial charge in [-0.25, -0.2) is 12.8 Å². The van der Waals surface area contributed by atoms with Gasteiger partial charge >= 0.3 is 0 Å². The number of rotatable bonds is 4. The first-order valence-corrected chi connectivity index (χ1v) is 11.1. The summed E-state index contributed by atoms with van der Waals surface area (Å²) in [5.74, 6) is -0.241. The van der Waals surface area contributed by atoms with Gasteiger partial charge in [-0.1, -0.05) is 36.4 Å². The fourth-order valence-electron chi connectivity index (χ4n) is 4.15. The molecule has 0 bridgehead atoms. The lowest BCUT2D eigenvalue weighted by molar-refractivity contribution is 0.0766. The monoisotopic (exact) mass is 404 g/mol. The van der Waals surface area contributed by atoms with Crippen LogP contribution in [0.2, 0.25) is 0 Å². The number of nitrogens with zero attached hydrogens (tertiary/aromatic N) is 2. The van der Waals surface area contributed by atoms with Gasteiger partial charge in [-0.05, 0) is 30.2 Å². The summed E-state index contributed by atoms with van der Waals surface area (Å²) in [6, 6.07) is 15.5. The second-order valence-electron chi connectivity index (χ2n) is 7.47. The summed E-state index contributed by atoms with van der Waals surface area (Å²) in [5.41, 5.74) is 1.20. The molecule has 0 amide bonds. The van der Waals surface area contributed by atoms with Crippen molar-refractivity contribution < 1.29 is 17.5 Å². The van der Waals surface area contributed by atoms with Crippen molar-refractivity contribution in [1.29, 1.82) is 0 Å². The van der Waals surface area contributed by atoms with Crippen LogP contribution in [-0.2, 0) is 21.3 Å². The number of ether oxygens (including phenoxy) is 1. The summed E-state index contributed by atoms with van der Waals surface area (Å²) in [6.45, 7) is 3.67. The minimum absolute atomic E-state index is 0.0189. The van der Waals surface area contributed by atoms with Crippen LogP contribution < -0.4 is 0 Å². The van der Waals surface area contributed by atoms with Crippen molar-refractivity contribution in [3.8, 4) is 0 Å². The van der Waals surface area contributed by atoms with Crippen molar-refractivity contribution in [2.24, 2.45) is 5.92 Å². The van der Waals surface area contributed by atoms with E-state index in [0.717, 1.165) is 25.6 Å². The predicted octanol–water partition coefficient (Wildman–Crippen LogP) is 2.74. The first-order chi connectivity index (χ1) is 13.5. The van der Waals surface area contributed by atoms with Gasteiger partial charge in [-0.3, -0.25) is 4.90 Å². The van der Waals surface area contributed by atoms with E-state index in [1.54, 1.807) is 0 Å². The zero-order chi connectivity index (χ0) is 19.6. The van der Waals surface area contributed by atoms with Gasteiger partial charge in [0.15, 0.2) is 0 Å². The van der Waals surface area contributed by atoms with Crippen LogP contribution >= 0.6 is 0 Å². The Bertz CT molecular complexity index is 907. The van der Waals surface area contributed by atoms with Gasteiger partial charge in [0.1, 0.15) is 5.82 Å². The van der Waals surface area contributed by atoms with Crippen LogP contribution in [0.3, 0.4) is 0 Å². The van der Waals surface area contributed by atoms with Crippen molar-refractivity contribution in [2.75, 3.05) is 32.8 Å². The van der Waals surface area contributed by atoms with E-state index in [9.17, 15) is 12.8 Å². The van der Waals surface area contributed by atoms with Crippen LogP contribution in [-0.4, -0.2) is 56.5 Å². The van der Waals surface area contributed by atoms with Gasteiger partial charge < -0.3 is 4.74 Å². The van der Waals surface area contributed by atoms with E-state index in [2.05, 4.69) is 17.0 Å². The molecule has 0 spiro atoms. The number of hydrogen-bond donors (Lipinski definition) is 0. The van der Waals surface area contributed by atoms with Crippen molar-refractivity contribution in [3.05, 3.63) is 66.0 Å². The average Bonchev–Trinajstić information content (AvgIpc) is 2.90. The van der Waals surface area contributed by atoms with Gasteiger partial charge in [0.05, 0.1) is 18.1 Å². The van der Waals surface area contributed by atoms with Crippen molar-refractivity contribution in [1.82, 2.24) is 9.21 Å². The van der Waals surface area contributed by atoms with Crippen LogP contribution in [0.1, 0.15) is 12.0 Å². The molecule has 0 unspecified atom stereocenters. The molecule has 0 aromatic heterocycles. The molecule has 5 nitrogen and oxygen atoms in total. The maximum Gasteiger partial charge on any atom is 0.243 e. The Hall–Kier alpha value is -1.80. The van der Waals surface area contributed by atoms with Crippen molar-refractivity contribution >= 4 is 10.0 Å². The standard InChI is InChI=1S/C21H25FN2O3S/c22-19-7-4-8-20(13-19)28(25,26)24-10-9-18-16-27-12-11-23(21(18)15-24)14-17-5-2-1-3-6-17/h1-8,13,18,21H,9-12,14-16H2/t18-,21-/m1/s1. The Balaban J connectivity index is 1.57. The van der Waals surface area contributed by atoms with Gasteiger partial charge in [-0.2, -0.15) is 4.31 Å². The molecule has 7 heteroatoms. The molecule has 2 aromatic rings. The first kappa shape index (κ1) is 19.5. The lowest BCUT2D eigenvalue weighted by atomic mass is 9.92. The minimum Gasteiger partial charge on any atom is -0.380 e. The Morgan fingerprint density at radius 1 is 1.07 bits per heavy atom. The minimum atomic E-state index is -3.72. The largest absolute Gasteiger partial charge is 0.380 e. The second kappa shape index (κ2) is 8.29. The first-order valence-electron chi connectivity index (χ1n) is 9.65. The van der Waals surface area contributed by atoms with Gasteiger partial charge in [-0.15, -0.1) is 0 Å². The smallest absolute Gasteiger partial charge is 0.243 e. The number of halogens is 1. The molecular weight excluding hydrogens is 379 g/mol. The molecule has 0 N–H and O–H groups in total. The Labute approximate surface area is 165 Å². The summed E-state index contributed by atoms with van der Waals surface area (Å²) >= 11 is 0. The number of piperidine rings is 1. The quantitative estimate of drug-likeness (QED) is 0.786. The molecule has 2 fully saturated rings. The van der Waals surface area contributed by atoms with E-state index in [0.29, 0.717) is 32.2 Å². The Morgan fingerprint density at radius 2 is 1.89 bits per heavy atom. The predicted molar refractivity (Wildman–Crippen MR) is 105 cm³/mol. The normalized spacial score (nSPS) is 24.5. The maximum atomic E-state index is 13.6. The molecule has 0 aliphatic carbocycles. The molecule has 2 aliphatic rings. The molecule has 28 heavy (non-hydrogen) atoms. The number of benzene rings is 2. The summed E-state index contributed by atoms with van der Waals surface area (Å²) in [5, 5.41) is 0. The topological polar surface area (TPSA) is 49.9 Å². The molecule has 2 aromatic carbocycles. The fraction of sp³-hybridized carbons (Fsp3) is 0.429. The van der Waals surface area contributed by atoms with Crippen LogP contribution in [0, 0.1) is 11.7 Å². The third-order valence-electron chi connectivity index (χ3n) is 5.67. The highest BCUT2D eigenvalue weighted by atomic mass is 32.2. The fourth-order valence-corrected chi connectivity index (χ4v) is 5.66. The number of fused-ring (bicyclic) bond motifs is 1. The van der Waals surface area contributed by atoms with E-state index in [1.807, 2.05) is 18.2 Å². The second-order valence-corrected chi connectivity index (χ2v) is 9.41. The summed E-state index contributed by atoms with van der Waals surface area (Å²) < 4.78 is 47.0. The third-order valence-corrected chi connectivity index (χ3v) is 7.53. The van der Waals surface area contributed by atoms with Crippen molar-refractivity contribution in [2.45, 2.75) is 23.9 Å². The van der Waals surface area contributed by atoms with Crippen LogP contribution in [0.25, 0.3) is 0 Å². The lowest BCUT2D eigenvalue weighted by Gasteiger charge is -2.41. The zero-order valence-corrected chi connectivity index (χ0v) is 16.5. The van der Waals surface area contributed by atoms with E-state index in [1.165, 1.54) is 28.1 Å². The third kappa shape index (κ3) is 4.12. The highest BCUT2D eigenvalue weighted by Crippen LogP contribution is 2.30. The van der Waals surface area contributed by atoms with Crippen molar-refractivity contribution in [3.63, 3.8) is 0 Å². The van der Waals surface area contributed by atoms with Gasteiger partial charge in [0, 0.05) is 38.1 Å². The maximum absolute atomic E-state index is 13.6. The lowest BCUT2D eigenvalue weighted by Crippen LogP contribution is -2.54. The van der Waals surface area contributed by atoms with Crippen LogP contribution in [0.5, 0.6) is 0 Å². The zero-order valence-electron chi connectivity index (χ0n) is 15.7. The number of sulfonamides is 1. The Morgan fingerprint density at radius 3 is 2.68 bits per heavy atom. The van der Waals surface area contributed by atoms with E-state index in [-0.39, 0.29) is 10.9 Å². The number of hydrogen-bond acceptors (Lipinski definition) is 4. The molecule has 2 atom stereocenters. The molecule has 2 saturated heterocycles. The van der Waals surface area contributed by atoms with Gasteiger partial charge in [0.2, 0.25) is 10.0 Å². The summed E-state index contributed by atoms with van der Waals surface area (Å²) in [6.07, 6.45) is 0.741. The Kier molecular flexibility index (Phi) is 5.78.